The van der Waals surface area contributed by atoms with Gasteiger partial charge >= 0.3 is 0 Å². The third-order valence-corrected chi connectivity index (χ3v) is 7.22. The molecule has 0 spiro atoms. The summed E-state index contributed by atoms with van der Waals surface area (Å²) in [5.41, 5.74) is 3.04. The number of fused-ring (bicyclic) bond motifs is 1. The van der Waals surface area contributed by atoms with Crippen LogP contribution < -0.4 is 48.3 Å². The van der Waals surface area contributed by atoms with Crippen molar-refractivity contribution in [2.45, 2.75) is 66.3 Å². The van der Waals surface area contributed by atoms with Crippen molar-refractivity contribution in [2.75, 3.05) is 37.6 Å². The molecule has 0 saturated heterocycles. The molecule has 0 atom stereocenters. The Kier molecular flexibility index (Phi) is 16.7. The van der Waals surface area contributed by atoms with Crippen LogP contribution in [0.15, 0.2) is 54.9 Å². The fourth-order valence-corrected chi connectivity index (χ4v) is 4.79. The number of rotatable bonds is 15. The van der Waals surface area contributed by atoms with Gasteiger partial charge in [0.25, 0.3) is 0 Å². The fraction of sp³-hybridized carbons (Fsp3) is 0.469. The number of nitrogens with zero attached hydrogens (tertiary/aromatic N) is 2. The highest BCUT2D eigenvalue weighted by molar-refractivity contribution is 5.94. The summed E-state index contributed by atoms with van der Waals surface area (Å²) < 4.78 is 16.8. The van der Waals surface area contributed by atoms with Crippen molar-refractivity contribution in [2.24, 2.45) is 0 Å². The molecule has 1 heterocycles. The maximum Gasteiger partial charge on any atom is 0.205 e. The van der Waals surface area contributed by atoms with E-state index in [0.29, 0.717) is 5.56 Å². The zero-order chi connectivity index (χ0) is 25.8. The molecule has 38 heavy (non-hydrogen) atoms. The minimum Gasteiger partial charge on any atom is -1.00 e. The van der Waals surface area contributed by atoms with Gasteiger partial charge in [-0.05, 0) is 55.2 Å². The lowest BCUT2D eigenvalue weighted by molar-refractivity contribution is -0.899. The molecule has 0 unspecified atom stereocenters. The summed E-state index contributed by atoms with van der Waals surface area (Å²) in [4.78, 5) is 4.11. The van der Waals surface area contributed by atoms with E-state index in [1.54, 1.807) is 11.1 Å². The van der Waals surface area contributed by atoms with Crippen LogP contribution in [0.1, 0.15) is 70.9 Å². The summed E-state index contributed by atoms with van der Waals surface area (Å²) in [5.74, 6) is -0.172. The van der Waals surface area contributed by atoms with Gasteiger partial charge in [0.2, 0.25) is 6.20 Å². The van der Waals surface area contributed by atoms with Crippen LogP contribution in [0, 0.1) is 5.82 Å². The van der Waals surface area contributed by atoms with E-state index in [0.717, 1.165) is 51.3 Å². The van der Waals surface area contributed by atoms with E-state index in [1.165, 1.54) is 42.1 Å². The fourth-order valence-electron chi connectivity index (χ4n) is 4.79. The first kappa shape index (κ1) is 34.3. The number of pyridine rings is 1. The first-order valence-electron chi connectivity index (χ1n) is 14.1. The van der Waals surface area contributed by atoms with Gasteiger partial charge in [0, 0.05) is 30.4 Å². The number of aryl methyl sites for hydroxylation is 1. The molecule has 3 nitrogen and oxygen atoms in total. The molecule has 0 saturated carbocycles. The average Bonchev–Trinajstić information content (AvgIpc) is 2.90. The highest BCUT2D eigenvalue weighted by atomic mass is 79.9. The largest absolute Gasteiger partial charge is 1.00 e. The Labute approximate surface area is 251 Å². The molecular formula is C32H46Br2FN3. The molecule has 2 aromatic carbocycles. The molecule has 1 aromatic heterocycles. The first-order valence-corrected chi connectivity index (χ1v) is 14.1. The van der Waals surface area contributed by atoms with Crippen molar-refractivity contribution in [3.63, 3.8) is 0 Å². The summed E-state index contributed by atoms with van der Waals surface area (Å²) in [6, 6.07) is 15.1. The maximum atomic E-state index is 14.8. The molecule has 6 heteroatoms. The van der Waals surface area contributed by atoms with Gasteiger partial charge in [0.05, 0.1) is 26.1 Å². The van der Waals surface area contributed by atoms with Crippen LogP contribution >= 0.6 is 0 Å². The summed E-state index contributed by atoms with van der Waals surface area (Å²) in [6.07, 6.45) is 13.5. The topological polar surface area (TPSA) is 11.6 Å². The molecule has 0 fully saturated rings. The lowest BCUT2D eigenvalue weighted by Gasteiger charge is -2.25. The van der Waals surface area contributed by atoms with E-state index in [-0.39, 0.29) is 39.8 Å². The number of benzene rings is 2. The lowest BCUT2D eigenvalue weighted by Crippen LogP contribution is -3.11. The predicted octanol–water partition coefficient (Wildman–Crippen LogP) is 0.166. The minimum atomic E-state index is -0.172. The number of unbranched alkanes of at least 4 members (excludes halogenated alkanes) is 2. The normalized spacial score (nSPS) is 11.1. The van der Waals surface area contributed by atoms with E-state index in [2.05, 4.69) is 69.0 Å². The highest BCUT2D eigenvalue weighted by Crippen LogP contribution is 2.27. The zero-order valence-corrected chi connectivity index (χ0v) is 26.8. The minimum absolute atomic E-state index is 0. The predicted molar refractivity (Wildman–Crippen MR) is 153 cm³/mol. The highest BCUT2D eigenvalue weighted by Gasteiger charge is 2.11. The number of hydrogen-bond acceptors (Lipinski definition) is 1. The van der Waals surface area contributed by atoms with Crippen LogP contribution in [-0.2, 0) is 6.54 Å². The molecule has 0 bridgehead atoms. The van der Waals surface area contributed by atoms with Crippen LogP contribution in [0.3, 0.4) is 0 Å². The molecule has 0 aliphatic carbocycles. The Morgan fingerprint density at radius 1 is 0.842 bits per heavy atom. The van der Waals surface area contributed by atoms with Crippen LogP contribution in [0.2, 0.25) is 0 Å². The Balaban J connectivity index is 0.00000361. The van der Waals surface area contributed by atoms with Crippen molar-refractivity contribution < 1.29 is 47.8 Å². The van der Waals surface area contributed by atoms with Crippen molar-refractivity contribution >= 4 is 28.6 Å². The second-order valence-electron chi connectivity index (χ2n) is 9.83. The number of nitrogens with one attached hydrogen (secondary N) is 1. The third kappa shape index (κ3) is 10.1. The van der Waals surface area contributed by atoms with E-state index in [1.807, 2.05) is 29.0 Å². The third-order valence-electron chi connectivity index (χ3n) is 7.22. The van der Waals surface area contributed by atoms with Crippen LogP contribution in [0.25, 0.3) is 22.9 Å². The quantitative estimate of drug-likeness (QED) is 0.231. The number of aromatic nitrogens is 1. The average molecular weight is 652 g/mol. The van der Waals surface area contributed by atoms with Crippen molar-refractivity contribution in [3.8, 4) is 0 Å². The monoisotopic (exact) mass is 649 g/mol. The van der Waals surface area contributed by atoms with Gasteiger partial charge in [-0.1, -0.05) is 63.1 Å². The van der Waals surface area contributed by atoms with Crippen molar-refractivity contribution in [1.82, 2.24) is 0 Å². The smallest absolute Gasteiger partial charge is 0.205 e. The lowest BCUT2D eigenvalue weighted by atomic mass is 10.0. The van der Waals surface area contributed by atoms with E-state index >= 15 is 0 Å². The van der Waals surface area contributed by atoms with Crippen molar-refractivity contribution in [1.29, 1.82) is 0 Å². The Morgan fingerprint density at radius 3 is 2.16 bits per heavy atom. The molecule has 0 radical (unpaired) electrons. The molecule has 0 aliphatic rings. The van der Waals surface area contributed by atoms with E-state index in [4.69, 9.17) is 0 Å². The molecule has 0 amide bonds. The summed E-state index contributed by atoms with van der Waals surface area (Å²) in [7, 11) is 0. The SMILES string of the molecule is CCCCN(CCCC)c1ccc2c(/C=C/c3cc[n+](CCC[NH+](CC)CC)cc3F)cccc2c1.[Br-].[Br-]. The Hall–Kier alpha value is -1.76. The van der Waals surface area contributed by atoms with E-state index in [9.17, 15) is 4.39 Å². The van der Waals surface area contributed by atoms with Gasteiger partial charge < -0.3 is 43.8 Å². The Bertz CT molecular complexity index is 1110. The maximum absolute atomic E-state index is 14.8. The summed E-state index contributed by atoms with van der Waals surface area (Å²) in [6.45, 7) is 15.4. The van der Waals surface area contributed by atoms with Gasteiger partial charge in [0.15, 0.2) is 18.6 Å². The van der Waals surface area contributed by atoms with Gasteiger partial charge in [-0.15, -0.1) is 0 Å². The van der Waals surface area contributed by atoms with Gasteiger partial charge in [-0.25, -0.2) is 4.57 Å². The standard InChI is InChI=1S/C32H45FN3.2BrH/c1-5-9-22-36(23-10-6-2)30-17-18-31-27(13-11-14-29(31)25-30)15-16-28-19-24-35(26-32(28)33)21-12-20-34(7-3)8-4;;/h11,13-19,24-26H,5-10,12,20-23H2,1-4H3;2*1H/q+1;;/p-1/b16-15+;;. The molecule has 3 aromatic rings. The second-order valence-corrected chi connectivity index (χ2v) is 9.83. The number of hydrogen-bond donors (Lipinski definition) is 1. The summed E-state index contributed by atoms with van der Waals surface area (Å²) >= 11 is 0. The van der Waals surface area contributed by atoms with Gasteiger partial charge in [-0.3, -0.25) is 0 Å². The van der Waals surface area contributed by atoms with Crippen LogP contribution in [0.5, 0.6) is 0 Å². The number of quaternary nitrogens is 1. The van der Waals surface area contributed by atoms with Crippen LogP contribution in [-0.4, -0.2) is 32.7 Å². The Morgan fingerprint density at radius 2 is 1.53 bits per heavy atom. The second kappa shape index (κ2) is 18.5. The van der Waals surface area contributed by atoms with Crippen LogP contribution in [0.4, 0.5) is 10.1 Å². The zero-order valence-electron chi connectivity index (χ0n) is 23.7. The van der Waals surface area contributed by atoms with Crippen molar-refractivity contribution in [3.05, 3.63) is 71.8 Å². The molecule has 0 aliphatic heterocycles. The summed E-state index contributed by atoms with van der Waals surface area (Å²) in [5, 5.41) is 2.43. The molecule has 3 rings (SSSR count). The molecule has 210 valence electrons. The van der Waals surface area contributed by atoms with Gasteiger partial charge in [0.1, 0.15) is 0 Å². The molecular weight excluding hydrogens is 605 g/mol. The number of anilines is 1. The number of halogens is 3. The van der Waals surface area contributed by atoms with Gasteiger partial charge in [-0.2, -0.15) is 4.39 Å². The molecule has 1 N–H and O–H groups in total. The first-order chi connectivity index (χ1) is 17.6. The van der Waals surface area contributed by atoms with E-state index < -0.39 is 0 Å².